The van der Waals surface area contributed by atoms with Crippen LogP contribution in [0.1, 0.15) is 158 Å². The number of hydrogen-bond donors (Lipinski definition) is 0. The second-order valence-electron chi connectivity index (χ2n) is 27.5. The molecule has 8 bridgehead atoms. The largest absolute Gasteiger partial charge is 0.495 e. The van der Waals surface area contributed by atoms with Crippen LogP contribution in [0.3, 0.4) is 0 Å². The second-order valence-corrected chi connectivity index (χ2v) is 27.5. The summed E-state index contributed by atoms with van der Waals surface area (Å²) in [7, 11) is 2.77. The van der Waals surface area contributed by atoms with Crippen LogP contribution in [-0.4, -0.2) is 14.2 Å². The van der Waals surface area contributed by atoms with Crippen molar-refractivity contribution in [2.75, 3.05) is 14.2 Å². The van der Waals surface area contributed by atoms with E-state index in [4.69, 9.17) is 18.3 Å². The summed E-state index contributed by atoms with van der Waals surface area (Å²) >= 11 is 0. The Labute approximate surface area is 453 Å². The van der Waals surface area contributed by atoms with Gasteiger partial charge in [0.15, 0.2) is 0 Å². The van der Waals surface area contributed by atoms with Crippen LogP contribution in [0.25, 0.3) is 87.0 Å². The first-order chi connectivity index (χ1) is 35.9. The van der Waals surface area contributed by atoms with Crippen molar-refractivity contribution >= 4 is 87.0 Å². The van der Waals surface area contributed by atoms with E-state index in [-0.39, 0.29) is 98.5 Å². The van der Waals surface area contributed by atoms with Gasteiger partial charge in [-0.15, -0.1) is 0 Å². The molecule has 3 aromatic heterocycles. The first kappa shape index (κ1) is 55.3. The van der Waals surface area contributed by atoms with E-state index in [1.54, 1.807) is 72.8 Å². The molecule has 0 atom stereocenters. The van der Waals surface area contributed by atoms with Crippen LogP contribution in [0.4, 0.5) is 0 Å². The Morgan fingerprint density at radius 2 is 0.372 bits per heavy atom. The zero-order valence-electron chi connectivity index (χ0n) is 49.0. The van der Waals surface area contributed by atoms with Crippen molar-refractivity contribution in [3.63, 3.8) is 0 Å². The van der Waals surface area contributed by atoms with E-state index in [2.05, 4.69) is 0 Å². The predicted octanol–water partition coefficient (Wildman–Crippen LogP) is 14.6. The van der Waals surface area contributed by atoms with Crippen LogP contribution in [0.5, 0.6) is 11.5 Å². The van der Waals surface area contributed by atoms with E-state index in [0.29, 0.717) is 33.4 Å². The van der Waals surface area contributed by atoms with Crippen LogP contribution in [-0.2, 0) is 32.5 Å². The third kappa shape index (κ3) is 9.18. The molecule has 0 spiro atoms. The Morgan fingerprint density at radius 3 is 0.500 bits per heavy atom. The van der Waals surface area contributed by atoms with Crippen molar-refractivity contribution in [1.29, 1.82) is 0 Å². The van der Waals surface area contributed by atoms with E-state index in [1.807, 2.05) is 125 Å². The second kappa shape index (κ2) is 18.0. The maximum atomic E-state index is 16.0. The average Bonchev–Trinajstić information content (AvgIpc) is 3.42. The molecule has 0 radical (unpaired) electrons. The highest BCUT2D eigenvalue weighted by Crippen LogP contribution is 2.39. The normalized spacial score (nSPS) is 13.2. The van der Waals surface area contributed by atoms with Gasteiger partial charge in [0.1, 0.15) is 33.8 Å². The van der Waals surface area contributed by atoms with Crippen LogP contribution < -0.4 is 42.0 Å². The topological polar surface area (TPSA) is 147 Å². The summed E-state index contributed by atoms with van der Waals surface area (Å²) in [5.41, 5.74) is -3.41. The highest BCUT2D eigenvalue weighted by molar-refractivity contribution is 6.08. The molecule has 0 amide bonds. The number of fused-ring (bicyclic) bond motifs is 4. The SMILES string of the molecule is COc1c2cc(C(C)(C)C)cc1c(=O)c1cc(C(C)(C)C)cc3c(=O)c4cc(C(C)(C)C)cc(c(=O)c5cc(C(C)(C)C)cc(c5OC)c(=O)c5cc(C(C)(C)C)cc6c(=O)c7cc(C(C)(C)C)cc(c2=O)c7oc56)c4oc13. The van der Waals surface area contributed by atoms with Crippen LogP contribution in [0, 0.1) is 0 Å². The van der Waals surface area contributed by atoms with Gasteiger partial charge in [-0.3, -0.25) is 28.8 Å². The molecule has 78 heavy (non-hydrogen) atoms. The van der Waals surface area contributed by atoms with Crippen LogP contribution in [0.2, 0.25) is 0 Å². The van der Waals surface area contributed by atoms with Gasteiger partial charge in [0.05, 0.1) is 78.9 Å². The summed E-state index contributed by atoms with van der Waals surface area (Å²) in [6, 6.07) is 20.6. The number of methoxy groups -OCH3 is 2. The zero-order chi connectivity index (χ0) is 57.6. The minimum absolute atomic E-state index is 0.00637. The molecule has 9 aromatic rings. The smallest absolute Gasteiger partial charge is 0.200 e. The molecule has 0 aliphatic heterocycles. The molecule has 10 heteroatoms. The Morgan fingerprint density at radius 1 is 0.244 bits per heavy atom. The molecule has 0 unspecified atom stereocenters. The average molecular weight is 1050 g/mol. The molecule has 3 heterocycles. The first-order valence-electron chi connectivity index (χ1n) is 26.7. The number of benzene rings is 6. The Bertz CT molecular complexity index is 4020. The lowest BCUT2D eigenvalue weighted by Gasteiger charge is -2.22. The van der Waals surface area contributed by atoms with E-state index >= 15 is 28.8 Å². The Hall–Kier alpha value is -7.46. The van der Waals surface area contributed by atoms with E-state index < -0.39 is 65.1 Å². The lowest BCUT2D eigenvalue weighted by atomic mass is 9.83. The van der Waals surface area contributed by atoms with Crippen molar-refractivity contribution in [3.05, 3.63) is 168 Å². The standard InChI is InChI=1S/C68H72O10/c1-63(2,3)33-21-39-51(69)43-25-35(65(7,8)9)29-47-55(73)49-31-37(67(13,14)15)27-45(61(49)77-59(43)47)53(71)41-23-34(64(4,5)6)24-42(58(41)76-20)54(72)46-28-38(68(16,17)18)32-50-56(74)48-30-36(66(10,11)12)26-44(60(48)78-62(46)50)52(70)40(22-33)57(39)75-19/h21-32H,1-20H3. The van der Waals surface area contributed by atoms with Crippen molar-refractivity contribution in [3.8, 4) is 11.5 Å². The summed E-state index contributed by atoms with van der Waals surface area (Å²) in [6.07, 6.45) is 0. The van der Waals surface area contributed by atoms with E-state index in [0.717, 1.165) is 0 Å². The fraction of sp³-hybridized carbons (Fsp3) is 0.382. The third-order valence-corrected chi connectivity index (χ3v) is 15.5. The zero-order valence-corrected chi connectivity index (χ0v) is 49.0. The lowest BCUT2D eigenvalue weighted by molar-refractivity contribution is 0.423. The summed E-state index contributed by atoms with van der Waals surface area (Å²) in [6.45, 7) is 35.6. The predicted molar refractivity (Wildman–Crippen MR) is 323 cm³/mol. The van der Waals surface area contributed by atoms with Gasteiger partial charge in [-0.05, 0) is 139 Å². The molecule has 0 aliphatic carbocycles. The Kier molecular flexibility index (Phi) is 12.8. The summed E-state index contributed by atoms with van der Waals surface area (Å²) in [4.78, 5) is 95.2. The van der Waals surface area contributed by atoms with E-state index in [9.17, 15) is 0 Å². The number of rotatable bonds is 2. The van der Waals surface area contributed by atoms with Gasteiger partial charge < -0.3 is 18.3 Å². The molecule has 10 nitrogen and oxygen atoms in total. The van der Waals surface area contributed by atoms with Crippen molar-refractivity contribution in [1.82, 2.24) is 0 Å². The fourth-order valence-corrected chi connectivity index (χ4v) is 10.3. The number of ether oxygens (including phenoxy) is 2. The maximum absolute atomic E-state index is 16.0. The molecule has 0 aliphatic rings. The van der Waals surface area contributed by atoms with Gasteiger partial charge in [-0.25, -0.2) is 0 Å². The highest BCUT2D eigenvalue weighted by Gasteiger charge is 2.29. The van der Waals surface area contributed by atoms with Gasteiger partial charge in [-0.1, -0.05) is 125 Å². The number of hydrogen-bond acceptors (Lipinski definition) is 10. The highest BCUT2D eigenvalue weighted by atomic mass is 16.5. The molecule has 0 saturated heterocycles. The first-order valence-corrected chi connectivity index (χ1v) is 26.7. The van der Waals surface area contributed by atoms with Crippen molar-refractivity contribution < 1.29 is 18.3 Å². The van der Waals surface area contributed by atoms with Gasteiger partial charge in [-0.2, -0.15) is 0 Å². The van der Waals surface area contributed by atoms with Crippen LogP contribution in [0.15, 0.2) is 110 Å². The van der Waals surface area contributed by atoms with Gasteiger partial charge >= 0.3 is 0 Å². The molecule has 6 aromatic carbocycles. The van der Waals surface area contributed by atoms with Gasteiger partial charge in [0, 0.05) is 0 Å². The fourth-order valence-electron chi connectivity index (χ4n) is 10.3. The molecule has 0 fully saturated rings. The van der Waals surface area contributed by atoms with E-state index in [1.165, 1.54) is 14.2 Å². The van der Waals surface area contributed by atoms with Gasteiger partial charge in [0.25, 0.3) is 0 Å². The molecule has 0 N–H and O–H groups in total. The molecule has 0 saturated carbocycles. The minimum Gasteiger partial charge on any atom is -0.495 e. The van der Waals surface area contributed by atoms with Crippen molar-refractivity contribution in [2.45, 2.75) is 157 Å². The lowest BCUT2D eigenvalue weighted by Crippen LogP contribution is -2.18. The maximum Gasteiger partial charge on any atom is 0.200 e. The van der Waals surface area contributed by atoms with Crippen molar-refractivity contribution in [2.24, 2.45) is 0 Å². The summed E-state index contributed by atoms with van der Waals surface area (Å²) < 4.78 is 26.4. The minimum atomic E-state index is -0.649. The van der Waals surface area contributed by atoms with Gasteiger partial charge in [0.2, 0.25) is 32.6 Å². The molecular weight excluding hydrogens is 977 g/mol. The quantitative estimate of drug-likeness (QED) is 0.153. The summed E-state index contributed by atoms with van der Waals surface area (Å²) in [5.74, 6) is -0.113. The monoisotopic (exact) mass is 1050 g/mol. The van der Waals surface area contributed by atoms with Crippen LogP contribution >= 0.6 is 0 Å². The molecular formula is C68H72O10. The Balaban J connectivity index is 1.78. The molecule has 404 valence electrons. The third-order valence-electron chi connectivity index (χ3n) is 15.5. The molecule has 9 rings (SSSR count). The summed E-state index contributed by atoms with van der Waals surface area (Å²) in [5, 5.41) is 0.550.